The summed E-state index contributed by atoms with van der Waals surface area (Å²) < 4.78 is 10.3. The third kappa shape index (κ3) is 1.84. The molecule has 2 rings (SSSR count). The molecule has 1 aliphatic rings. The van der Waals surface area contributed by atoms with Gasteiger partial charge in [0, 0.05) is 6.42 Å². The Kier molecular flexibility index (Phi) is 2.78. The lowest BCUT2D eigenvalue weighted by atomic mass is 10.1. The summed E-state index contributed by atoms with van der Waals surface area (Å²) in [5.74, 6) is 0.314. The number of hydrogen-bond donors (Lipinski definition) is 0. The summed E-state index contributed by atoms with van der Waals surface area (Å²) in [5, 5.41) is 8.75. The number of carbonyl (C=O) groups excluding carboxylic acids is 1. The van der Waals surface area contributed by atoms with Crippen molar-refractivity contribution in [2.75, 3.05) is 6.61 Å². The normalized spacial score (nSPS) is 17.1. The van der Waals surface area contributed by atoms with E-state index in [1.54, 1.807) is 25.1 Å². The van der Waals surface area contributed by atoms with Crippen molar-refractivity contribution in [3.63, 3.8) is 0 Å². The molecule has 0 saturated carbocycles. The number of rotatable bonds is 2. The first-order valence-electron chi connectivity index (χ1n) is 5.11. The van der Waals surface area contributed by atoms with Crippen molar-refractivity contribution in [2.24, 2.45) is 0 Å². The second kappa shape index (κ2) is 4.23. The van der Waals surface area contributed by atoms with Crippen LogP contribution >= 0.6 is 0 Å². The topological polar surface area (TPSA) is 59.3 Å². The average molecular weight is 217 g/mol. The molecule has 0 aromatic heterocycles. The summed E-state index contributed by atoms with van der Waals surface area (Å²) in [6.07, 6.45) is -0.0900. The lowest BCUT2D eigenvalue weighted by Gasteiger charge is -2.08. The van der Waals surface area contributed by atoms with Crippen molar-refractivity contribution < 1.29 is 14.3 Å². The van der Waals surface area contributed by atoms with Gasteiger partial charge in [-0.3, -0.25) is 0 Å². The van der Waals surface area contributed by atoms with Crippen LogP contribution in [-0.2, 0) is 16.0 Å². The molecule has 0 spiro atoms. The van der Waals surface area contributed by atoms with Gasteiger partial charge in [0.2, 0.25) is 0 Å². The molecular formula is C12H11NO3. The van der Waals surface area contributed by atoms with Gasteiger partial charge in [0.15, 0.2) is 6.10 Å². The molecule has 1 heterocycles. The first-order valence-corrected chi connectivity index (χ1v) is 5.11. The van der Waals surface area contributed by atoms with Gasteiger partial charge >= 0.3 is 5.97 Å². The van der Waals surface area contributed by atoms with Crippen LogP contribution in [0.5, 0.6) is 5.75 Å². The van der Waals surface area contributed by atoms with Crippen molar-refractivity contribution in [3.05, 3.63) is 29.3 Å². The Morgan fingerprint density at radius 2 is 2.50 bits per heavy atom. The molecule has 4 nitrogen and oxygen atoms in total. The van der Waals surface area contributed by atoms with E-state index >= 15 is 0 Å². The molecule has 0 radical (unpaired) electrons. The predicted octanol–water partition coefficient (Wildman–Crippen LogP) is 1.42. The van der Waals surface area contributed by atoms with Gasteiger partial charge in [0.05, 0.1) is 18.2 Å². The second-order valence-electron chi connectivity index (χ2n) is 3.50. The summed E-state index contributed by atoms with van der Waals surface area (Å²) in [4.78, 5) is 11.5. The number of fused-ring (bicyclic) bond motifs is 1. The van der Waals surface area contributed by atoms with Gasteiger partial charge in [-0.05, 0) is 30.7 Å². The van der Waals surface area contributed by atoms with E-state index in [1.807, 2.05) is 0 Å². The summed E-state index contributed by atoms with van der Waals surface area (Å²) >= 11 is 0. The van der Waals surface area contributed by atoms with Crippen LogP contribution in [0.4, 0.5) is 0 Å². The predicted molar refractivity (Wildman–Crippen MR) is 55.9 cm³/mol. The quantitative estimate of drug-likeness (QED) is 0.703. The van der Waals surface area contributed by atoms with Crippen LogP contribution in [0.2, 0.25) is 0 Å². The van der Waals surface area contributed by atoms with Gasteiger partial charge in [-0.2, -0.15) is 5.26 Å². The first kappa shape index (κ1) is 10.5. The van der Waals surface area contributed by atoms with Crippen molar-refractivity contribution in [2.45, 2.75) is 19.4 Å². The van der Waals surface area contributed by atoms with Gasteiger partial charge in [-0.25, -0.2) is 4.79 Å². The lowest BCUT2D eigenvalue weighted by Crippen LogP contribution is -2.27. The summed E-state index contributed by atoms with van der Waals surface area (Å²) in [6, 6.07) is 7.19. The van der Waals surface area contributed by atoms with Gasteiger partial charge in [0.1, 0.15) is 5.75 Å². The molecule has 0 saturated heterocycles. The van der Waals surface area contributed by atoms with Crippen molar-refractivity contribution in [1.29, 1.82) is 5.26 Å². The van der Waals surface area contributed by atoms with Gasteiger partial charge in [-0.15, -0.1) is 0 Å². The van der Waals surface area contributed by atoms with Crippen LogP contribution in [-0.4, -0.2) is 18.7 Å². The molecule has 4 heteroatoms. The second-order valence-corrected chi connectivity index (χ2v) is 3.50. The number of carbonyl (C=O) groups is 1. The molecule has 0 aliphatic carbocycles. The third-order valence-corrected chi connectivity index (χ3v) is 2.41. The molecule has 1 aliphatic heterocycles. The molecule has 1 atom stereocenters. The van der Waals surface area contributed by atoms with Crippen molar-refractivity contribution >= 4 is 5.97 Å². The first-order chi connectivity index (χ1) is 7.74. The maximum atomic E-state index is 11.5. The lowest BCUT2D eigenvalue weighted by molar-refractivity contribution is -0.150. The molecule has 1 aromatic rings. The number of hydrogen-bond acceptors (Lipinski definition) is 4. The largest absolute Gasteiger partial charge is 0.478 e. The molecule has 0 amide bonds. The monoisotopic (exact) mass is 217 g/mol. The molecule has 1 aromatic carbocycles. The molecule has 0 fully saturated rings. The van der Waals surface area contributed by atoms with E-state index in [1.165, 1.54) is 0 Å². The highest BCUT2D eigenvalue weighted by Crippen LogP contribution is 2.29. The minimum atomic E-state index is -0.566. The third-order valence-electron chi connectivity index (χ3n) is 2.41. The maximum absolute atomic E-state index is 11.5. The van der Waals surface area contributed by atoms with E-state index in [0.29, 0.717) is 24.3 Å². The Bertz CT molecular complexity index is 462. The standard InChI is InChI=1S/C12H11NO3/c1-2-15-12(14)11-6-9-5-8(7-13)3-4-10(9)16-11/h3-5,11H,2,6H2,1H3. The zero-order valence-electron chi connectivity index (χ0n) is 8.90. The minimum Gasteiger partial charge on any atom is -0.478 e. The van der Waals surface area contributed by atoms with E-state index in [9.17, 15) is 4.79 Å². The Morgan fingerprint density at radius 1 is 1.69 bits per heavy atom. The Morgan fingerprint density at radius 3 is 3.19 bits per heavy atom. The van der Waals surface area contributed by atoms with Crippen molar-refractivity contribution in [1.82, 2.24) is 0 Å². The fourth-order valence-corrected chi connectivity index (χ4v) is 1.68. The zero-order valence-corrected chi connectivity index (χ0v) is 8.90. The summed E-state index contributed by atoms with van der Waals surface area (Å²) in [6.45, 7) is 2.10. The minimum absolute atomic E-state index is 0.346. The van der Waals surface area contributed by atoms with E-state index in [-0.39, 0.29) is 5.97 Å². The van der Waals surface area contributed by atoms with Crippen LogP contribution in [0.3, 0.4) is 0 Å². The molecule has 0 N–H and O–H groups in total. The zero-order chi connectivity index (χ0) is 11.5. The Hall–Kier alpha value is -2.02. The molecular weight excluding hydrogens is 206 g/mol. The van der Waals surface area contributed by atoms with E-state index < -0.39 is 6.10 Å². The van der Waals surface area contributed by atoms with E-state index in [0.717, 1.165) is 5.56 Å². The highest BCUT2D eigenvalue weighted by atomic mass is 16.6. The van der Waals surface area contributed by atoms with Crippen LogP contribution < -0.4 is 4.74 Å². The van der Waals surface area contributed by atoms with E-state index in [4.69, 9.17) is 14.7 Å². The number of nitriles is 1. The highest BCUT2D eigenvalue weighted by Gasteiger charge is 2.30. The Balaban J connectivity index is 2.15. The highest BCUT2D eigenvalue weighted by molar-refractivity contribution is 5.77. The maximum Gasteiger partial charge on any atom is 0.347 e. The fourth-order valence-electron chi connectivity index (χ4n) is 1.68. The van der Waals surface area contributed by atoms with Crippen LogP contribution in [0.15, 0.2) is 18.2 Å². The molecule has 82 valence electrons. The fraction of sp³-hybridized carbons (Fsp3) is 0.333. The Labute approximate surface area is 93.4 Å². The van der Waals surface area contributed by atoms with Crippen LogP contribution in [0.25, 0.3) is 0 Å². The van der Waals surface area contributed by atoms with Crippen molar-refractivity contribution in [3.8, 4) is 11.8 Å². The number of nitrogens with zero attached hydrogens (tertiary/aromatic N) is 1. The van der Waals surface area contributed by atoms with Crippen LogP contribution in [0.1, 0.15) is 18.1 Å². The average Bonchev–Trinajstić information content (AvgIpc) is 2.71. The van der Waals surface area contributed by atoms with Gasteiger partial charge < -0.3 is 9.47 Å². The van der Waals surface area contributed by atoms with Gasteiger partial charge in [0.25, 0.3) is 0 Å². The summed E-state index contributed by atoms with van der Waals surface area (Å²) in [5.41, 5.74) is 1.46. The molecule has 1 unspecified atom stereocenters. The van der Waals surface area contributed by atoms with Crippen LogP contribution in [0, 0.1) is 11.3 Å². The number of ether oxygens (including phenoxy) is 2. The number of benzene rings is 1. The smallest absolute Gasteiger partial charge is 0.347 e. The molecule has 16 heavy (non-hydrogen) atoms. The summed E-state index contributed by atoms with van der Waals surface area (Å²) in [7, 11) is 0. The molecule has 0 bridgehead atoms. The SMILES string of the molecule is CCOC(=O)C1Cc2cc(C#N)ccc2O1. The van der Waals surface area contributed by atoms with E-state index in [2.05, 4.69) is 6.07 Å². The number of esters is 1. The van der Waals surface area contributed by atoms with Gasteiger partial charge in [-0.1, -0.05) is 0 Å².